The minimum absolute atomic E-state index is 0.0393. The Morgan fingerprint density at radius 3 is 2.71 bits per heavy atom. The number of rotatable bonds is 7. The summed E-state index contributed by atoms with van der Waals surface area (Å²) in [6, 6.07) is 4.90. The second-order valence-electron chi connectivity index (χ2n) is 7.32. The Labute approximate surface area is 165 Å². The first-order valence-electron chi connectivity index (χ1n) is 10.0. The highest BCUT2D eigenvalue weighted by Gasteiger charge is 2.32. The highest BCUT2D eigenvalue weighted by Crippen LogP contribution is 2.22. The third kappa shape index (κ3) is 5.73. The molecule has 8 heteroatoms. The van der Waals surface area contributed by atoms with Gasteiger partial charge < -0.3 is 25.2 Å². The smallest absolute Gasteiger partial charge is 0.270 e. The summed E-state index contributed by atoms with van der Waals surface area (Å²) >= 11 is 0. The standard InChI is InChI=1S/C20H29N3O5/c24-13-18-16(23-20(26)17-3-1-2-9-21-17)5-4-15(28-18)6-10-22-19(25)14-7-11-27-12-8-14/h1-3,9,14-16,18,24H,4-8,10-13H2,(H,22,25)(H,23,26)/t15-,16+,18-/m1/s1. The van der Waals surface area contributed by atoms with Crippen LogP contribution in [0.1, 0.15) is 42.6 Å². The molecule has 2 amide bonds. The van der Waals surface area contributed by atoms with Crippen molar-refractivity contribution in [3.63, 3.8) is 0 Å². The van der Waals surface area contributed by atoms with Crippen molar-refractivity contribution in [2.75, 3.05) is 26.4 Å². The van der Waals surface area contributed by atoms with Crippen molar-refractivity contribution < 1.29 is 24.2 Å². The van der Waals surface area contributed by atoms with E-state index in [1.54, 1.807) is 24.4 Å². The Bertz CT molecular complexity index is 636. The molecule has 2 saturated heterocycles. The number of ether oxygens (including phenoxy) is 2. The average molecular weight is 391 g/mol. The number of nitrogens with zero attached hydrogens (tertiary/aromatic N) is 1. The van der Waals surface area contributed by atoms with Crippen molar-refractivity contribution in [2.24, 2.45) is 5.92 Å². The van der Waals surface area contributed by atoms with Gasteiger partial charge in [0.2, 0.25) is 5.91 Å². The van der Waals surface area contributed by atoms with Crippen molar-refractivity contribution in [1.29, 1.82) is 0 Å². The molecule has 0 saturated carbocycles. The van der Waals surface area contributed by atoms with E-state index < -0.39 is 6.10 Å². The third-order valence-corrected chi connectivity index (χ3v) is 5.37. The van der Waals surface area contributed by atoms with E-state index in [2.05, 4.69) is 15.6 Å². The van der Waals surface area contributed by atoms with Gasteiger partial charge in [0.1, 0.15) is 11.8 Å². The highest BCUT2D eigenvalue weighted by molar-refractivity contribution is 5.92. The molecule has 8 nitrogen and oxygen atoms in total. The number of aromatic nitrogens is 1. The molecule has 0 bridgehead atoms. The number of carbonyl (C=O) groups excluding carboxylic acids is 2. The normalized spacial score (nSPS) is 25.8. The lowest BCUT2D eigenvalue weighted by atomic mass is 9.96. The summed E-state index contributed by atoms with van der Waals surface area (Å²) in [5.74, 6) is -0.148. The first kappa shape index (κ1) is 20.7. The van der Waals surface area contributed by atoms with E-state index in [4.69, 9.17) is 9.47 Å². The molecule has 28 heavy (non-hydrogen) atoms. The molecular formula is C20H29N3O5. The summed E-state index contributed by atoms with van der Waals surface area (Å²) in [4.78, 5) is 28.5. The molecule has 0 radical (unpaired) electrons. The minimum atomic E-state index is -0.461. The molecule has 0 aromatic carbocycles. The second kappa shape index (κ2) is 10.5. The quantitative estimate of drug-likeness (QED) is 0.630. The number of pyridine rings is 1. The lowest BCUT2D eigenvalue weighted by molar-refractivity contribution is -0.128. The number of hydrogen-bond acceptors (Lipinski definition) is 6. The number of amides is 2. The predicted octanol–water partition coefficient (Wildman–Crippen LogP) is 0.653. The minimum Gasteiger partial charge on any atom is -0.394 e. The number of hydrogen-bond donors (Lipinski definition) is 3. The molecule has 3 heterocycles. The van der Waals surface area contributed by atoms with Gasteiger partial charge in [0.05, 0.1) is 18.8 Å². The van der Waals surface area contributed by atoms with E-state index in [9.17, 15) is 14.7 Å². The van der Waals surface area contributed by atoms with E-state index in [1.165, 1.54) is 0 Å². The van der Waals surface area contributed by atoms with E-state index in [0.29, 0.717) is 38.3 Å². The van der Waals surface area contributed by atoms with Gasteiger partial charge in [-0.2, -0.15) is 0 Å². The molecule has 3 atom stereocenters. The summed E-state index contributed by atoms with van der Waals surface area (Å²) < 4.78 is 11.2. The lowest BCUT2D eigenvalue weighted by Crippen LogP contribution is -2.51. The molecule has 2 aliphatic rings. The van der Waals surface area contributed by atoms with Crippen LogP contribution in [0.25, 0.3) is 0 Å². The number of aliphatic hydroxyl groups is 1. The molecule has 0 unspecified atom stereocenters. The lowest BCUT2D eigenvalue weighted by Gasteiger charge is -2.36. The second-order valence-corrected chi connectivity index (χ2v) is 7.32. The van der Waals surface area contributed by atoms with Gasteiger partial charge in [-0.05, 0) is 44.2 Å². The van der Waals surface area contributed by atoms with Crippen molar-refractivity contribution in [3.05, 3.63) is 30.1 Å². The van der Waals surface area contributed by atoms with Gasteiger partial charge >= 0.3 is 0 Å². The van der Waals surface area contributed by atoms with Crippen LogP contribution in [-0.2, 0) is 14.3 Å². The van der Waals surface area contributed by atoms with Crippen LogP contribution in [0.2, 0.25) is 0 Å². The molecule has 2 fully saturated rings. The highest BCUT2D eigenvalue weighted by atomic mass is 16.5. The van der Waals surface area contributed by atoms with E-state index >= 15 is 0 Å². The number of nitrogens with one attached hydrogen (secondary N) is 2. The topological polar surface area (TPSA) is 110 Å². The fraction of sp³-hybridized carbons (Fsp3) is 0.650. The van der Waals surface area contributed by atoms with Crippen LogP contribution in [0.5, 0.6) is 0 Å². The van der Waals surface area contributed by atoms with Crippen molar-refractivity contribution >= 4 is 11.8 Å². The molecule has 2 aliphatic heterocycles. The molecular weight excluding hydrogens is 362 g/mol. The third-order valence-electron chi connectivity index (χ3n) is 5.37. The van der Waals surface area contributed by atoms with E-state index in [1.807, 2.05) is 0 Å². The Kier molecular flexibility index (Phi) is 7.76. The summed E-state index contributed by atoms with van der Waals surface area (Å²) in [7, 11) is 0. The zero-order valence-electron chi connectivity index (χ0n) is 16.0. The maximum Gasteiger partial charge on any atom is 0.270 e. The molecule has 1 aromatic rings. The van der Waals surface area contributed by atoms with Gasteiger partial charge in [0.15, 0.2) is 0 Å². The van der Waals surface area contributed by atoms with Crippen LogP contribution in [0.3, 0.4) is 0 Å². The van der Waals surface area contributed by atoms with Crippen molar-refractivity contribution in [3.8, 4) is 0 Å². The van der Waals surface area contributed by atoms with Crippen molar-refractivity contribution in [1.82, 2.24) is 15.6 Å². The summed E-state index contributed by atoms with van der Waals surface area (Å²) in [5.41, 5.74) is 0.345. The molecule has 3 N–H and O–H groups in total. The molecule has 0 aliphatic carbocycles. The average Bonchev–Trinajstić information content (AvgIpc) is 2.75. The van der Waals surface area contributed by atoms with Gasteiger partial charge in [-0.1, -0.05) is 6.07 Å². The molecule has 1 aromatic heterocycles. The van der Waals surface area contributed by atoms with Crippen molar-refractivity contribution in [2.45, 2.75) is 50.4 Å². The van der Waals surface area contributed by atoms with Crippen LogP contribution in [0.15, 0.2) is 24.4 Å². The summed E-state index contributed by atoms with van der Waals surface area (Å²) in [6.07, 6.45) is 4.77. The van der Waals surface area contributed by atoms with Gasteiger partial charge in [-0.25, -0.2) is 0 Å². The van der Waals surface area contributed by atoms with Crippen LogP contribution >= 0.6 is 0 Å². The largest absolute Gasteiger partial charge is 0.394 e. The van der Waals surface area contributed by atoms with Crippen LogP contribution in [0.4, 0.5) is 0 Å². The number of carbonyl (C=O) groups is 2. The monoisotopic (exact) mass is 391 g/mol. The Morgan fingerprint density at radius 1 is 1.18 bits per heavy atom. The fourth-order valence-electron chi connectivity index (χ4n) is 3.71. The van der Waals surface area contributed by atoms with Gasteiger partial charge in [-0.3, -0.25) is 14.6 Å². The Hall–Kier alpha value is -2.03. The van der Waals surface area contributed by atoms with Gasteiger partial charge in [-0.15, -0.1) is 0 Å². The first-order chi connectivity index (χ1) is 13.7. The first-order valence-corrected chi connectivity index (χ1v) is 10.0. The van der Waals surface area contributed by atoms with Crippen LogP contribution in [0, 0.1) is 5.92 Å². The fourth-order valence-corrected chi connectivity index (χ4v) is 3.71. The summed E-state index contributed by atoms with van der Waals surface area (Å²) in [5, 5.41) is 15.6. The molecule has 154 valence electrons. The van der Waals surface area contributed by atoms with E-state index in [-0.39, 0.29) is 36.5 Å². The SMILES string of the molecule is O=C(N[C@H]1CC[C@H](CCNC(=O)C2CCOCC2)O[C@@H]1CO)c1ccccn1. The maximum atomic E-state index is 12.3. The zero-order valence-corrected chi connectivity index (χ0v) is 16.0. The van der Waals surface area contributed by atoms with Gasteiger partial charge in [0.25, 0.3) is 5.91 Å². The van der Waals surface area contributed by atoms with Crippen LogP contribution < -0.4 is 10.6 Å². The number of aliphatic hydroxyl groups excluding tert-OH is 1. The van der Waals surface area contributed by atoms with E-state index in [0.717, 1.165) is 19.3 Å². The van der Waals surface area contributed by atoms with Crippen LogP contribution in [-0.4, -0.2) is 66.5 Å². The predicted molar refractivity (Wildman–Crippen MR) is 102 cm³/mol. The zero-order chi connectivity index (χ0) is 19.8. The maximum absolute atomic E-state index is 12.3. The summed E-state index contributed by atoms with van der Waals surface area (Å²) in [6.45, 7) is 1.67. The molecule has 0 spiro atoms. The van der Waals surface area contributed by atoms with Gasteiger partial charge in [0, 0.05) is 31.9 Å². The molecule has 3 rings (SSSR count). The Morgan fingerprint density at radius 2 is 2.00 bits per heavy atom. The Balaban J connectivity index is 1.41.